The number of amides is 2. The summed E-state index contributed by atoms with van der Waals surface area (Å²) in [6, 6.07) is 15.4. The minimum atomic E-state index is -4.88. The minimum Gasteiger partial charge on any atom is -0.354 e. The van der Waals surface area contributed by atoms with Crippen LogP contribution in [-0.2, 0) is 38.8 Å². The molecule has 3 aromatic rings. The molecule has 0 aromatic heterocycles. The van der Waals surface area contributed by atoms with Gasteiger partial charge in [-0.1, -0.05) is 67.4 Å². The molecule has 1 unspecified atom stereocenters. The lowest BCUT2D eigenvalue weighted by Crippen LogP contribution is -2.53. The summed E-state index contributed by atoms with van der Waals surface area (Å²) in [5.74, 6) is -1.87. The quantitative estimate of drug-likeness (QED) is 0.188. The van der Waals surface area contributed by atoms with Crippen LogP contribution in [0.2, 0.25) is 5.02 Å². The zero-order valence-corrected chi connectivity index (χ0v) is 25.1. The maximum absolute atomic E-state index is 14.0. The second-order valence-electron chi connectivity index (χ2n) is 9.93. The van der Waals surface area contributed by atoms with Crippen molar-refractivity contribution < 1.29 is 35.6 Å². The Morgan fingerprint density at radius 3 is 2.21 bits per heavy atom. The first-order valence-corrected chi connectivity index (χ1v) is 15.6. The molecule has 13 heteroatoms. The Labute approximate surface area is 253 Å². The van der Waals surface area contributed by atoms with Crippen molar-refractivity contribution in [3.8, 4) is 0 Å². The average molecular weight is 642 g/mol. The van der Waals surface area contributed by atoms with E-state index in [2.05, 4.69) is 5.32 Å². The molecule has 0 aliphatic heterocycles. The van der Waals surface area contributed by atoms with Crippen LogP contribution in [0, 0.1) is 5.82 Å². The normalized spacial score (nSPS) is 12.4. The molecule has 0 heterocycles. The van der Waals surface area contributed by atoms with E-state index in [1.807, 2.05) is 6.92 Å². The fourth-order valence-corrected chi connectivity index (χ4v) is 5.41. The van der Waals surface area contributed by atoms with Crippen molar-refractivity contribution in [2.75, 3.05) is 23.7 Å². The number of anilines is 1. The fourth-order valence-electron chi connectivity index (χ4n) is 4.35. The number of rotatable bonds is 13. The molecule has 0 saturated heterocycles. The van der Waals surface area contributed by atoms with Gasteiger partial charge in [-0.05, 0) is 47.9 Å². The number of alkyl halides is 3. The van der Waals surface area contributed by atoms with E-state index < -0.39 is 62.7 Å². The molecule has 0 spiro atoms. The van der Waals surface area contributed by atoms with E-state index in [0.717, 1.165) is 24.8 Å². The Morgan fingerprint density at radius 2 is 1.63 bits per heavy atom. The van der Waals surface area contributed by atoms with Gasteiger partial charge in [-0.25, -0.2) is 12.8 Å². The maximum atomic E-state index is 14.0. The fraction of sp³-hybridized carbons (Fsp3) is 0.333. The van der Waals surface area contributed by atoms with Gasteiger partial charge in [0, 0.05) is 19.5 Å². The van der Waals surface area contributed by atoms with E-state index in [4.69, 9.17) is 11.6 Å². The van der Waals surface area contributed by atoms with Gasteiger partial charge in [-0.15, -0.1) is 0 Å². The summed E-state index contributed by atoms with van der Waals surface area (Å²) < 4.78 is 80.6. The zero-order valence-electron chi connectivity index (χ0n) is 23.6. The maximum Gasteiger partial charge on any atom is 0.417 e. The molecule has 1 N–H and O–H groups in total. The molecule has 0 radical (unpaired) electrons. The highest BCUT2D eigenvalue weighted by Crippen LogP contribution is 2.37. The first-order chi connectivity index (χ1) is 20.2. The Hall–Kier alpha value is -3.64. The lowest BCUT2D eigenvalue weighted by molar-refractivity contribution is -0.140. The molecule has 2 amide bonds. The first kappa shape index (κ1) is 33.9. The number of hydrogen-bond acceptors (Lipinski definition) is 4. The van der Waals surface area contributed by atoms with Crippen LogP contribution in [0.3, 0.4) is 0 Å². The van der Waals surface area contributed by atoms with Gasteiger partial charge >= 0.3 is 6.18 Å². The van der Waals surface area contributed by atoms with Crippen LogP contribution >= 0.6 is 11.6 Å². The van der Waals surface area contributed by atoms with E-state index in [9.17, 15) is 35.6 Å². The number of nitrogens with one attached hydrogen (secondary N) is 1. The second-order valence-corrected chi connectivity index (χ2v) is 12.2. The Morgan fingerprint density at radius 1 is 0.977 bits per heavy atom. The third-order valence-electron chi connectivity index (χ3n) is 6.59. The number of carbonyl (C=O) groups excluding carboxylic acids is 2. The summed E-state index contributed by atoms with van der Waals surface area (Å²) in [5.41, 5.74) is -0.539. The average Bonchev–Trinajstić information content (AvgIpc) is 2.94. The summed E-state index contributed by atoms with van der Waals surface area (Å²) >= 11 is 5.73. The molecule has 7 nitrogen and oxygen atoms in total. The van der Waals surface area contributed by atoms with Crippen LogP contribution in [0.5, 0.6) is 0 Å². The molecule has 0 aliphatic carbocycles. The molecular weight excluding hydrogens is 610 g/mol. The van der Waals surface area contributed by atoms with Crippen molar-refractivity contribution in [2.45, 2.75) is 44.9 Å². The highest BCUT2D eigenvalue weighted by molar-refractivity contribution is 7.92. The predicted molar refractivity (Wildman–Crippen MR) is 157 cm³/mol. The molecule has 3 aromatic carbocycles. The van der Waals surface area contributed by atoms with Gasteiger partial charge in [0.1, 0.15) is 18.4 Å². The predicted octanol–water partition coefficient (Wildman–Crippen LogP) is 5.82. The number of hydrogen-bond donors (Lipinski definition) is 1. The van der Waals surface area contributed by atoms with Crippen LogP contribution < -0.4 is 9.62 Å². The lowest BCUT2D eigenvalue weighted by Gasteiger charge is -2.33. The van der Waals surface area contributed by atoms with Gasteiger partial charge < -0.3 is 10.2 Å². The Bertz CT molecular complexity index is 1500. The Balaban J connectivity index is 2.07. The molecule has 0 saturated carbocycles. The highest BCUT2D eigenvalue weighted by atomic mass is 35.5. The number of carbonyl (C=O) groups is 2. The van der Waals surface area contributed by atoms with Crippen molar-refractivity contribution in [3.63, 3.8) is 0 Å². The van der Waals surface area contributed by atoms with E-state index >= 15 is 0 Å². The topological polar surface area (TPSA) is 86.8 Å². The van der Waals surface area contributed by atoms with Crippen LogP contribution in [0.4, 0.5) is 23.2 Å². The second kappa shape index (κ2) is 14.7. The summed E-state index contributed by atoms with van der Waals surface area (Å²) in [4.78, 5) is 28.7. The van der Waals surface area contributed by atoms with Gasteiger partial charge in [-0.3, -0.25) is 13.9 Å². The lowest BCUT2D eigenvalue weighted by atomic mass is 10.0. The van der Waals surface area contributed by atoms with Crippen LogP contribution in [0.15, 0.2) is 72.8 Å². The molecule has 3 rings (SSSR count). The summed E-state index contributed by atoms with van der Waals surface area (Å²) in [7, 11) is -4.30. The minimum absolute atomic E-state index is 0.0593. The van der Waals surface area contributed by atoms with Gasteiger partial charge in [0.05, 0.1) is 22.5 Å². The van der Waals surface area contributed by atoms with Crippen LogP contribution in [0.25, 0.3) is 0 Å². The smallest absolute Gasteiger partial charge is 0.354 e. The monoisotopic (exact) mass is 641 g/mol. The molecule has 0 aliphatic rings. The van der Waals surface area contributed by atoms with E-state index in [-0.39, 0.29) is 13.0 Å². The third kappa shape index (κ3) is 9.69. The molecule has 0 fully saturated rings. The Kier molecular flexibility index (Phi) is 11.6. The summed E-state index contributed by atoms with van der Waals surface area (Å²) in [6.45, 7) is 1.16. The number of halogens is 5. The zero-order chi connectivity index (χ0) is 31.8. The molecule has 232 valence electrons. The highest BCUT2D eigenvalue weighted by Gasteiger charge is 2.36. The summed E-state index contributed by atoms with van der Waals surface area (Å²) in [6.07, 6.45) is -2.59. The summed E-state index contributed by atoms with van der Waals surface area (Å²) in [5, 5.41) is 2.18. The van der Waals surface area contributed by atoms with Crippen molar-refractivity contribution in [3.05, 3.63) is 100 Å². The first-order valence-electron chi connectivity index (χ1n) is 13.4. The van der Waals surface area contributed by atoms with E-state index in [0.29, 0.717) is 34.5 Å². The molecular formula is C30H32ClF4N3O4S. The largest absolute Gasteiger partial charge is 0.417 e. The van der Waals surface area contributed by atoms with E-state index in [1.54, 1.807) is 30.3 Å². The van der Waals surface area contributed by atoms with Gasteiger partial charge in [0.25, 0.3) is 0 Å². The van der Waals surface area contributed by atoms with Crippen LogP contribution in [0.1, 0.15) is 36.5 Å². The third-order valence-corrected chi connectivity index (χ3v) is 8.06. The standard InChI is InChI=1S/C30H32ClF4N3O4S/c1-3-4-16-36-29(40)27(17-21-8-6-5-7-9-21)37(19-22-10-12-23(32)13-11-22)28(39)20-38(43(2,41)42)24-14-15-26(31)25(18-24)30(33,34)35/h5-15,18,27H,3-4,16-17,19-20H2,1-2H3,(H,36,40). The van der Waals surface area contributed by atoms with Crippen molar-refractivity contribution >= 4 is 39.1 Å². The number of unbranched alkanes of at least 4 members (excludes halogenated alkanes) is 1. The number of nitrogens with zero attached hydrogens (tertiary/aromatic N) is 2. The van der Waals surface area contributed by atoms with Crippen molar-refractivity contribution in [2.24, 2.45) is 0 Å². The van der Waals surface area contributed by atoms with Crippen LogP contribution in [-0.4, -0.2) is 50.5 Å². The molecule has 1 atom stereocenters. The van der Waals surface area contributed by atoms with Gasteiger partial charge in [-0.2, -0.15) is 13.2 Å². The van der Waals surface area contributed by atoms with Crippen molar-refractivity contribution in [1.82, 2.24) is 10.2 Å². The van der Waals surface area contributed by atoms with E-state index in [1.165, 1.54) is 29.2 Å². The van der Waals surface area contributed by atoms with Gasteiger partial charge in [0.2, 0.25) is 21.8 Å². The number of benzene rings is 3. The van der Waals surface area contributed by atoms with Gasteiger partial charge in [0.15, 0.2) is 0 Å². The van der Waals surface area contributed by atoms with Crippen molar-refractivity contribution in [1.29, 1.82) is 0 Å². The molecule has 43 heavy (non-hydrogen) atoms. The SMILES string of the molecule is CCCCNC(=O)C(Cc1ccccc1)N(Cc1ccc(F)cc1)C(=O)CN(c1ccc(Cl)c(C(F)(F)F)c1)S(C)(=O)=O. The molecule has 0 bridgehead atoms. The number of sulfonamides is 1.